The molecule has 0 aliphatic heterocycles. The van der Waals surface area contributed by atoms with E-state index in [9.17, 15) is 9.59 Å². The topological polar surface area (TPSA) is 66.4 Å². The zero-order chi connectivity index (χ0) is 16.7. The van der Waals surface area contributed by atoms with Gasteiger partial charge in [-0.25, -0.2) is 0 Å². The number of benzene rings is 1. The number of thioether (sulfide) groups is 2. The second-order valence-corrected chi connectivity index (χ2v) is 8.17. The quantitative estimate of drug-likeness (QED) is 0.699. The normalized spacial score (nSPS) is 14.8. The number of nitrogens with one attached hydrogen (secondary N) is 1. The minimum absolute atomic E-state index is 0.0647. The molecule has 4 nitrogen and oxygen atoms in total. The molecule has 126 valence electrons. The fraction of sp³-hybridized carbons (Fsp3) is 0.529. The molecular weight excluding hydrogens is 330 g/mol. The molecule has 0 aromatic heterocycles. The van der Waals surface area contributed by atoms with Crippen molar-refractivity contribution in [1.82, 2.24) is 5.32 Å². The van der Waals surface area contributed by atoms with Crippen LogP contribution in [0.25, 0.3) is 0 Å². The van der Waals surface area contributed by atoms with Crippen molar-refractivity contribution in [1.29, 1.82) is 0 Å². The summed E-state index contributed by atoms with van der Waals surface area (Å²) >= 11 is 3.13. The second kappa shape index (κ2) is 9.23. The smallest absolute Gasteiger partial charge is 0.313 e. The van der Waals surface area contributed by atoms with Gasteiger partial charge >= 0.3 is 5.97 Å². The van der Waals surface area contributed by atoms with Crippen molar-refractivity contribution in [3.05, 3.63) is 29.3 Å². The standard InChI is InChI=1S/C17H23NO3S2/c1-12-6-7-15(23-13-4-2-3-5-13)14(10-12)17(21)18-8-9-22-11-16(19)20/h6-7,10,13H,2-5,8-9,11H2,1H3,(H,18,21)(H,19,20). The van der Waals surface area contributed by atoms with Crippen molar-refractivity contribution in [3.8, 4) is 0 Å². The summed E-state index contributed by atoms with van der Waals surface area (Å²) in [4.78, 5) is 23.9. The number of carboxylic acid groups (broad SMARTS) is 1. The van der Waals surface area contributed by atoms with Gasteiger partial charge in [-0.2, -0.15) is 0 Å². The van der Waals surface area contributed by atoms with Gasteiger partial charge in [-0.3, -0.25) is 9.59 Å². The van der Waals surface area contributed by atoms with E-state index in [0.29, 0.717) is 17.5 Å². The number of hydrogen-bond acceptors (Lipinski definition) is 4. The highest BCUT2D eigenvalue weighted by Gasteiger charge is 2.19. The van der Waals surface area contributed by atoms with Gasteiger partial charge in [0.05, 0.1) is 11.3 Å². The van der Waals surface area contributed by atoms with Gasteiger partial charge < -0.3 is 10.4 Å². The Bertz CT molecular complexity index is 557. The number of rotatable bonds is 8. The van der Waals surface area contributed by atoms with Gasteiger partial charge in [-0.05, 0) is 31.9 Å². The third kappa shape index (κ3) is 6.11. The van der Waals surface area contributed by atoms with Gasteiger partial charge in [0.2, 0.25) is 0 Å². The molecule has 0 radical (unpaired) electrons. The minimum atomic E-state index is -0.824. The maximum Gasteiger partial charge on any atom is 0.313 e. The molecular formula is C17H23NO3S2. The average Bonchev–Trinajstić information content (AvgIpc) is 3.01. The van der Waals surface area contributed by atoms with Crippen molar-refractivity contribution in [2.45, 2.75) is 42.8 Å². The van der Waals surface area contributed by atoms with Crippen molar-refractivity contribution in [2.75, 3.05) is 18.1 Å². The summed E-state index contributed by atoms with van der Waals surface area (Å²) in [6.07, 6.45) is 5.02. The van der Waals surface area contributed by atoms with Crippen LogP contribution in [-0.4, -0.2) is 40.3 Å². The molecule has 6 heteroatoms. The molecule has 2 rings (SSSR count). The van der Waals surface area contributed by atoms with Gasteiger partial charge in [-0.1, -0.05) is 24.5 Å². The Kier molecular flexibility index (Phi) is 7.30. The van der Waals surface area contributed by atoms with Crippen LogP contribution in [0.4, 0.5) is 0 Å². The van der Waals surface area contributed by atoms with E-state index >= 15 is 0 Å². The van der Waals surface area contributed by atoms with Gasteiger partial charge in [-0.15, -0.1) is 23.5 Å². The van der Waals surface area contributed by atoms with Crippen LogP contribution in [0.3, 0.4) is 0 Å². The Morgan fingerprint density at radius 1 is 1.30 bits per heavy atom. The summed E-state index contributed by atoms with van der Waals surface area (Å²) < 4.78 is 0. The third-order valence-electron chi connectivity index (χ3n) is 3.73. The molecule has 1 aromatic carbocycles. The molecule has 1 aromatic rings. The Balaban J connectivity index is 1.92. The first kappa shape index (κ1) is 18.2. The lowest BCUT2D eigenvalue weighted by Crippen LogP contribution is -2.26. The maximum atomic E-state index is 12.4. The molecule has 1 aliphatic carbocycles. The first-order valence-corrected chi connectivity index (χ1v) is 9.95. The van der Waals surface area contributed by atoms with E-state index in [4.69, 9.17) is 5.11 Å². The Hall–Kier alpha value is -1.14. The highest BCUT2D eigenvalue weighted by molar-refractivity contribution is 8.00. The monoisotopic (exact) mass is 353 g/mol. The molecule has 0 spiro atoms. The Labute approximate surface area is 145 Å². The summed E-state index contributed by atoms with van der Waals surface area (Å²) in [5.74, 6) is -0.210. The molecule has 2 N–H and O–H groups in total. The summed E-state index contributed by atoms with van der Waals surface area (Å²) in [5.41, 5.74) is 1.82. The fourth-order valence-corrected chi connectivity index (χ4v) is 4.52. The summed E-state index contributed by atoms with van der Waals surface area (Å²) in [7, 11) is 0. The van der Waals surface area contributed by atoms with E-state index in [1.165, 1.54) is 37.4 Å². The van der Waals surface area contributed by atoms with Crippen LogP contribution < -0.4 is 5.32 Å². The number of aliphatic carboxylic acids is 1. The predicted molar refractivity (Wildman–Crippen MR) is 96.6 cm³/mol. The molecule has 1 aliphatic rings. The fourth-order valence-electron chi connectivity index (χ4n) is 2.60. The van der Waals surface area contributed by atoms with E-state index in [1.54, 1.807) is 0 Å². The van der Waals surface area contributed by atoms with Crippen LogP contribution in [0.2, 0.25) is 0 Å². The molecule has 0 saturated heterocycles. The van der Waals surface area contributed by atoms with Crippen LogP contribution in [-0.2, 0) is 4.79 Å². The SMILES string of the molecule is Cc1ccc(SC2CCCC2)c(C(=O)NCCSCC(=O)O)c1. The van der Waals surface area contributed by atoms with Crippen molar-refractivity contribution in [2.24, 2.45) is 0 Å². The molecule has 23 heavy (non-hydrogen) atoms. The lowest BCUT2D eigenvalue weighted by molar-refractivity contribution is -0.133. The van der Waals surface area contributed by atoms with E-state index < -0.39 is 5.97 Å². The van der Waals surface area contributed by atoms with E-state index in [1.807, 2.05) is 30.8 Å². The Morgan fingerprint density at radius 2 is 2.04 bits per heavy atom. The molecule has 0 bridgehead atoms. The van der Waals surface area contributed by atoms with Crippen molar-refractivity contribution >= 4 is 35.4 Å². The van der Waals surface area contributed by atoms with E-state index in [0.717, 1.165) is 16.0 Å². The molecule has 1 saturated carbocycles. The highest BCUT2D eigenvalue weighted by Crippen LogP contribution is 2.36. The van der Waals surface area contributed by atoms with Gasteiger partial charge in [0.1, 0.15) is 0 Å². The van der Waals surface area contributed by atoms with Gasteiger partial charge in [0, 0.05) is 22.4 Å². The zero-order valence-electron chi connectivity index (χ0n) is 13.3. The molecule has 1 amide bonds. The summed E-state index contributed by atoms with van der Waals surface area (Å²) in [6.45, 7) is 2.47. The third-order valence-corrected chi connectivity index (χ3v) is 6.09. The van der Waals surface area contributed by atoms with Crippen LogP contribution in [0, 0.1) is 6.92 Å². The average molecular weight is 354 g/mol. The van der Waals surface area contributed by atoms with Crippen molar-refractivity contribution in [3.63, 3.8) is 0 Å². The van der Waals surface area contributed by atoms with E-state index in [-0.39, 0.29) is 11.7 Å². The number of amides is 1. The zero-order valence-corrected chi connectivity index (χ0v) is 15.0. The molecule has 1 fully saturated rings. The number of carboxylic acids is 1. The van der Waals surface area contributed by atoms with Gasteiger partial charge in [0.25, 0.3) is 5.91 Å². The van der Waals surface area contributed by atoms with Crippen molar-refractivity contribution < 1.29 is 14.7 Å². The van der Waals surface area contributed by atoms with Crippen LogP contribution >= 0.6 is 23.5 Å². The Morgan fingerprint density at radius 3 is 2.74 bits per heavy atom. The van der Waals surface area contributed by atoms with Gasteiger partial charge in [0.15, 0.2) is 0 Å². The van der Waals surface area contributed by atoms with E-state index in [2.05, 4.69) is 11.4 Å². The lowest BCUT2D eigenvalue weighted by atomic mass is 10.1. The molecule has 0 atom stereocenters. The highest BCUT2D eigenvalue weighted by atomic mass is 32.2. The summed E-state index contributed by atoms with van der Waals surface area (Å²) in [6, 6.07) is 6.04. The van der Waals surface area contributed by atoms with Crippen LogP contribution in [0.15, 0.2) is 23.1 Å². The lowest BCUT2D eigenvalue weighted by Gasteiger charge is -2.14. The molecule has 0 heterocycles. The predicted octanol–water partition coefficient (Wildman–Crippen LogP) is 3.58. The number of hydrogen-bond donors (Lipinski definition) is 2. The minimum Gasteiger partial charge on any atom is -0.481 e. The number of carbonyl (C=O) groups excluding carboxylic acids is 1. The number of aryl methyl sites for hydroxylation is 1. The van der Waals surface area contributed by atoms with Crippen LogP contribution in [0.5, 0.6) is 0 Å². The summed E-state index contributed by atoms with van der Waals surface area (Å²) in [5, 5.41) is 12.1. The first-order valence-electron chi connectivity index (χ1n) is 7.91. The largest absolute Gasteiger partial charge is 0.481 e. The van der Waals surface area contributed by atoms with Crippen LogP contribution in [0.1, 0.15) is 41.6 Å². The number of carbonyl (C=O) groups is 2. The maximum absolute atomic E-state index is 12.4. The first-order chi connectivity index (χ1) is 11.1. The molecule has 0 unspecified atom stereocenters. The second-order valence-electron chi connectivity index (χ2n) is 5.73.